The molecule has 5 nitrogen and oxygen atoms in total. The second kappa shape index (κ2) is 7.99. The van der Waals surface area contributed by atoms with Crippen molar-refractivity contribution in [2.24, 2.45) is 5.92 Å². The lowest BCUT2D eigenvalue weighted by molar-refractivity contribution is -0.138. The number of aliphatic carboxylic acids is 1. The van der Waals surface area contributed by atoms with Crippen molar-refractivity contribution in [1.82, 2.24) is 5.32 Å². The largest absolute Gasteiger partial charge is 0.481 e. The molecule has 0 aliphatic rings. The van der Waals surface area contributed by atoms with Gasteiger partial charge in [-0.15, -0.1) is 0 Å². The zero-order valence-corrected chi connectivity index (χ0v) is 14.6. The first-order chi connectivity index (χ1) is 10.6. The van der Waals surface area contributed by atoms with E-state index >= 15 is 0 Å². The number of carbonyl (C=O) groups is 2. The Morgan fingerprint density at radius 3 is 2.48 bits per heavy atom. The van der Waals surface area contributed by atoms with Gasteiger partial charge in [-0.3, -0.25) is 9.59 Å². The van der Waals surface area contributed by atoms with Crippen LogP contribution in [-0.2, 0) is 15.0 Å². The number of carboxylic acid groups (broad SMARTS) is 1. The molecule has 128 valence electrons. The fourth-order valence-electron chi connectivity index (χ4n) is 2.08. The van der Waals surface area contributed by atoms with Crippen LogP contribution in [0.1, 0.15) is 46.6 Å². The summed E-state index contributed by atoms with van der Waals surface area (Å²) in [5.74, 6) is -0.579. The number of ether oxygens (including phenoxy) is 1. The number of carbonyl (C=O) groups excluding carboxylic acids is 1. The Hall–Kier alpha value is -2.04. The van der Waals surface area contributed by atoms with Crippen LogP contribution in [0.2, 0.25) is 0 Å². The first-order valence-electron chi connectivity index (χ1n) is 7.86. The van der Waals surface area contributed by atoms with Crippen LogP contribution in [0.15, 0.2) is 24.3 Å². The summed E-state index contributed by atoms with van der Waals surface area (Å²) < 4.78 is 5.70. The first kappa shape index (κ1) is 19.0. The molecule has 23 heavy (non-hydrogen) atoms. The van der Waals surface area contributed by atoms with Crippen molar-refractivity contribution in [1.29, 1.82) is 0 Å². The number of hydrogen-bond acceptors (Lipinski definition) is 3. The Kier molecular flexibility index (Phi) is 6.61. The minimum absolute atomic E-state index is 0.0110. The third-order valence-electron chi connectivity index (χ3n) is 3.53. The molecule has 0 bridgehead atoms. The van der Waals surface area contributed by atoms with E-state index in [4.69, 9.17) is 9.84 Å². The maximum Gasteiger partial charge on any atom is 0.303 e. The molecule has 0 saturated carbocycles. The van der Waals surface area contributed by atoms with Crippen LogP contribution in [0.5, 0.6) is 5.75 Å². The Bertz CT molecular complexity index is 548. The van der Waals surface area contributed by atoms with Gasteiger partial charge in [0, 0.05) is 13.0 Å². The molecular weight excluding hydrogens is 294 g/mol. The summed E-state index contributed by atoms with van der Waals surface area (Å²) in [4.78, 5) is 22.6. The van der Waals surface area contributed by atoms with E-state index in [1.165, 1.54) is 0 Å². The quantitative estimate of drug-likeness (QED) is 0.809. The van der Waals surface area contributed by atoms with Crippen molar-refractivity contribution in [3.8, 4) is 5.75 Å². The van der Waals surface area contributed by atoms with E-state index in [0.29, 0.717) is 12.3 Å². The first-order valence-corrected chi connectivity index (χ1v) is 7.86. The van der Waals surface area contributed by atoms with Crippen LogP contribution in [0.3, 0.4) is 0 Å². The van der Waals surface area contributed by atoms with Gasteiger partial charge in [-0.25, -0.2) is 0 Å². The Balaban J connectivity index is 2.57. The fraction of sp³-hybridized carbons (Fsp3) is 0.556. The monoisotopic (exact) mass is 321 g/mol. The summed E-state index contributed by atoms with van der Waals surface area (Å²) >= 11 is 0. The zero-order valence-electron chi connectivity index (χ0n) is 14.6. The third-order valence-corrected chi connectivity index (χ3v) is 3.53. The molecule has 0 aliphatic carbocycles. The highest BCUT2D eigenvalue weighted by Gasteiger charge is 2.18. The third kappa shape index (κ3) is 6.72. The van der Waals surface area contributed by atoms with Gasteiger partial charge in [0.05, 0.1) is 0 Å². The van der Waals surface area contributed by atoms with E-state index in [1.54, 1.807) is 13.8 Å². The number of amides is 1. The van der Waals surface area contributed by atoms with Gasteiger partial charge < -0.3 is 15.2 Å². The van der Waals surface area contributed by atoms with Crippen LogP contribution < -0.4 is 10.1 Å². The predicted molar refractivity (Wildman–Crippen MR) is 89.7 cm³/mol. The van der Waals surface area contributed by atoms with Crippen LogP contribution >= 0.6 is 0 Å². The van der Waals surface area contributed by atoms with Gasteiger partial charge in [-0.1, -0.05) is 39.8 Å². The van der Waals surface area contributed by atoms with Gasteiger partial charge in [0.2, 0.25) is 0 Å². The van der Waals surface area contributed by atoms with E-state index in [1.807, 2.05) is 24.3 Å². The molecular formula is C18H27NO4. The second-order valence-corrected chi connectivity index (χ2v) is 6.99. The van der Waals surface area contributed by atoms with Crippen LogP contribution in [-0.4, -0.2) is 29.6 Å². The average molecular weight is 321 g/mol. The van der Waals surface area contributed by atoms with Gasteiger partial charge in [-0.05, 0) is 36.0 Å². The molecule has 5 heteroatoms. The lowest BCUT2D eigenvalue weighted by Gasteiger charge is -2.21. The minimum atomic E-state index is -0.866. The number of rotatable bonds is 7. The second-order valence-electron chi connectivity index (χ2n) is 6.99. The maximum atomic E-state index is 12.0. The molecule has 1 aromatic carbocycles. The van der Waals surface area contributed by atoms with Crippen LogP contribution in [0.25, 0.3) is 0 Å². The number of benzene rings is 1. The number of hydrogen-bond donors (Lipinski definition) is 2. The lowest BCUT2D eigenvalue weighted by atomic mass is 9.87. The highest BCUT2D eigenvalue weighted by atomic mass is 16.5. The fourth-order valence-corrected chi connectivity index (χ4v) is 2.08. The molecule has 1 aromatic rings. The molecule has 2 N–H and O–H groups in total. The SMILES string of the molecule is CC(CNC(=O)C(C)Oc1cccc(C(C)(C)C)c1)CC(=O)O. The predicted octanol–water partition coefficient (Wildman–Crippen LogP) is 2.98. The molecule has 1 rings (SSSR count). The average Bonchev–Trinajstić information content (AvgIpc) is 2.43. The lowest BCUT2D eigenvalue weighted by Crippen LogP contribution is -2.38. The van der Waals surface area contributed by atoms with E-state index in [0.717, 1.165) is 5.56 Å². The molecule has 0 aliphatic heterocycles. The molecule has 0 heterocycles. The molecule has 0 saturated heterocycles. The van der Waals surface area contributed by atoms with Crippen molar-refractivity contribution in [2.75, 3.05) is 6.54 Å². The molecule has 2 unspecified atom stereocenters. The van der Waals surface area contributed by atoms with E-state index in [9.17, 15) is 9.59 Å². The van der Waals surface area contributed by atoms with Crippen molar-refractivity contribution in [3.05, 3.63) is 29.8 Å². The van der Waals surface area contributed by atoms with Crippen LogP contribution in [0, 0.1) is 5.92 Å². The Labute approximate surface area is 138 Å². The molecule has 0 fully saturated rings. The summed E-state index contributed by atoms with van der Waals surface area (Å²) in [5, 5.41) is 11.4. The van der Waals surface area contributed by atoms with Crippen molar-refractivity contribution >= 4 is 11.9 Å². The Morgan fingerprint density at radius 2 is 1.91 bits per heavy atom. The summed E-state index contributed by atoms with van der Waals surface area (Å²) in [7, 11) is 0. The summed E-state index contributed by atoms with van der Waals surface area (Å²) in [5.41, 5.74) is 1.15. The summed E-state index contributed by atoms with van der Waals surface area (Å²) in [6.45, 7) is 10.1. The van der Waals surface area contributed by atoms with Gasteiger partial charge in [0.25, 0.3) is 5.91 Å². The molecule has 2 atom stereocenters. The topological polar surface area (TPSA) is 75.6 Å². The molecule has 0 aromatic heterocycles. The summed E-state index contributed by atoms with van der Waals surface area (Å²) in [6.07, 6.45) is -0.606. The van der Waals surface area contributed by atoms with Gasteiger partial charge in [-0.2, -0.15) is 0 Å². The maximum absolute atomic E-state index is 12.0. The molecule has 1 amide bonds. The molecule has 0 radical (unpaired) electrons. The summed E-state index contributed by atoms with van der Waals surface area (Å²) in [6, 6.07) is 7.71. The van der Waals surface area contributed by atoms with E-state index in [2.05, 4.69) is 26.1 Å². The Morgan fingerprint density at radius 1 is 1.26 bits per heavy atom. The van der Waals surface area contributed by atoms with Gasteiger partial charge >= 0.3 is 5.97 Å². The number of nitrogens with one attached hydrogen (secondary N) is 1. The highest BCUT2D eigenvalue weighted by molar-refractivity contribution is 5.80. The highest BCUT2D eigenvalue weighted by Crippen LogP contribution is 2.26. The smallest absolute Gasteiger partial charge is 0.303 e. The van der Waals surface area contributed by atoms with Gasteiger partial charge in [0.15, 0.2) is 6.10 Å². The van der Waals surface area contributed by atoms with Crippen LogP contribution in [0.4, 0.5) is 0 Å². The van der Waals surface area contributed by atoms with E-state index in [-0.39, 0.29) is 23.7 Å². The van der Waals surface area contributed by atoms with E-state index < -0.39 is 12.1 Å². The van der Waals surface area contributed by atoms with Crippen molar-refractivity contribution < 1.29 is 19.4 Å². The minimum Gasteiger partial charge on any atom is -0.481 e. The standard InChI is InChI=1S/C18H27NO4/c1-12(9-16(20)21)11-19-17(22)13(2)23-15-8-6-7-14(10-15)18(3,4)5/h6-8,10,12-13H,9,11H2,1-5H3,(H,19,22)(H,20,21). The van der Waals surface area contributed by atoms with Crippen molar-refractivity contribution in [2.45, 2.75) is 52.6 Å². The van der Waals surface area contributed by atoms with Crippen molar-refractivity contribution in [3.63, 3.8) is 0 Å². The zero-order chi connectivity index (χ0) is 17.6. The number of carboxylic acids is 1. The van der Waals surface area contributed by atoms with Gasteiger partial charge in [0.1, 0.15) is 5.75 Å². The molecule has 0 spiro atoms. The normalized spacial score (nSPS) is 14.0.